The van der Waals surface area contributed by atoms with Crippen molar-refractivity contribution in [1.82, 2.24) is 4.90 Å². The molecule has 0 aliphatic carbocycles. The second-order valence-corrected chi connectivity index (χ2v) is 9.38. The van der Waals surface area contributed by atoms with Gasteiger partial charge in [-0.15, -0.1) is 0 Å². The number of hydrogen-bond acceptors (Lipinski definition) is 1. The summed E-state index contributed by atoms with van der Waals surface area (Å²) in [6, 6.07) is 9.40. The van der Waals surface area contributed by atoms with Crippen LogP contribution in [0.3, 0.4) is 0 Å². The van der Waals surface area contributed by atoms with Crippen LogP contribution in [0.15, 0.2) is 24.3 Å². The summed E-state index contributed by atoms with van der Waals surface area (Å²) >= 11 is 0. The number of benzene rings is 1. The molecule has 1 fully saturated rings. The minimum absolute atomic E-state index is 0.530. The quantitative estimate of drug-likeness (QED) is 0.432. The van der Waals surface area contributed by atoms with Gasteiger partial charge in [-0.3, -0.25) is 0 Å². The maximum absolute atomic E-state index is 2.70. The van der Waals surface area contributed by atoms with Gasteiger partial charge in [0.2, 0.25) is 0 Å². The molecule has 1 heteroatoms. The Hall–Kier alpha value is -0.820. The smallest absolute Gasteiger partial charge is 0.00160 e. The topological polar surface area (TPSA) is 3.24 Å². The van der Waals surface area contributed by atoms with Gasteiger partial charge in [0.05, 0.1) is 0 Å². The Balaban J connectivity index is 0.00000114. The molecule has 156 valence electrons. The first-order valence-corrected chi connectivity index (χ1v) is 11.7. The van der Waals surface area contributed by atoms with E-state index in [0.29, 0.717) is 5.41 Å². The summed E-state index contributed by atoms with van der Waals surface area (Å²) in [6.07, 6.45) is 11.8. The average molecular weight is 374 g/mol. The highest BCUT2D eigenvalue weighted by molar-refractivity contribution is 5.23. The molecule has 2 rings (SSSR count). The normalized spacial score (nSPS) is 16.1. The van der Waals surface area contributed by atoms with E-state index in [1.54, 1.807) is 0 Å². The van der Waals surface area contributed by atoms with E-state index in [9.17, 15) is 0 Å². The van der Waals surface area contributed by atoms with Crippen molar-refractivity contribution in [2.75, 3.05) is 19.6 Å². The van der Waals surface area contributed by atoms with Crippen molar-refractivity contribution in [3.8, 4) is 0 Å². The lowest BCUT2D eigenvalue weighted by Crippen LogP contribution is -2.35. The van der Waals surface area contributed by atoms with Crippen molar-refractivity contribution < 1.29 is 0 Å². The summed E-state index contributed by atoms with van der Waals surface area (Å²) in [5, 5.41) is 0. The van der Waals surface area contributed by atoms with Crippen LogP contribution in [0.4, 0.5) is 0 Å². The van der Waals surface area contributed by atoms with Crippen LogP contribution in [0.1, 0.15) is 97.6 Å². The van der Waals surface area contributed by atoms with E-state index in [2.05, 4.69) is 70.7 Å². The van der Waals surface area contributed by atoms with Crippen LogP contribution in [0, 0.1) is 11.3 Å². The highest BCUT2D eigenvalue weighted by atomic mass is 15.1. The molecule has 0 atom stereocenters. The van der Waals surface area contributed by atoms with Gasteiger partial charge in [0.15, 0.2) is 0 Å². The first kappa shape index (κ1) is 24.2. The number of nitrogens with zero attached hydrogens (tertiary/aromatic N) is 1. The molecule has 1 aliphatic heterocycles. The van der Waals surface area contributed by atoms with Crippen molar-refractivity contribution in [2.45, 2.75) is 99.3 Å². The molecule has 0 spiro atoms. The fraction of sp³-hybridized carbons (Fsp3) is 0.769. The predicted octanol–water partition coefficient (Wildman–Crippen LogP) is 7.53. The molecule has 1 aromatic rings. The molecule has 1 heterocycles. The fourth-order valence-corrected chi connectivity index (χ4v) is 3.84. The Kier molecular flexibility index (Phi) is 12.0. The minimum atomic E-state index is 0.530. The van der Waals surface area contributed by atoms with Gasteiger partial charge in [-0.25, -0.2) is 0 Å². The van der Waals surface area contributed by atoms with Crippen LogP contribution in [0.5, 0.6) is 0 Å². The zero-order valence-corrected chi connectivity index (χ0v) is 19.3. The van der Waals surface area contributed by atoms with E-state index in [4.69, 9.17) is 0 Å². The Morgan fingerprint density at radius 1 is 0.926 bits per heavy atom. The third-order valence-electron chi connectivity index (χ3n) is 6.08. The molecule has 1 aliphatic rings. The van der Waals surface area contributed by atoms with Crippen LogP contribution in [-0.2, 0) is 12.8 Å². The van der Waals surface area contributed by atoms with E-state index in [0.717, 1.165) is 5.92 Å². The highest BCUT2D eigenvalue weighted by Crippen LogP contribution is 2.27. The van der Waals surface area contributed by atoms with Gasteiger partial charge in [-0.2, -0.15) is 0 Å². The van der Waals surface area contributed by atoms with Crippen molar-refractivity contribution in [3.63, 3.8) is 0 Å². The first-order chi connectivity index (χ1) is 12.9. The fourth-order valence-electron chi connectivity index (χ4n) is 3.84. The van der Waals surface area contributed by atoms with Crippen LogP contribution >= 0.6 is 0 Å². The Morgan fingerprint density at radius 3 is 2.00 bits per heavy atom. The maximum Gasteiger partial charge on any atom is -0.00160 e. The van der Waals surface area contributed by atoms with Crippen molar-refractivity contribution in [1.29, 1.82) is 0 Å². The lowest BCUT2D eigenvalue weighted by atomic mass is 9.85. The molecule has 0 amide bonds. The lowest BCUT2D eigenvalue weighted by molar-refractivity contribution is 0.172. The Morgan fingerprint density at radius 2 is 1.48 bits per heavy atom. The SMILES string of the molecule is CCC.CCCc1ccc(CC2CCN(CCCC(C)(C)CC)CC2)cc1. The summed E-state index contributed by atoms with van der Waals surface area (Å²) in [4.78, 5) is 2.70. The zero-order chi connectivity index (χ0) is 20.1. The molecule has 1 nitrogen and oxygen atoms in total. The predicted molar refractivity (Wildman–Crippen MR) is 123 cm³/mol. The number of rotatable bonds is 9. The van der Waals surface area contributed by atoms with Gasteiger partial charge in [0.25, 0.3) is 0 Å². The van der Waals surface area contributed by atoms with Crippen LogP contribution in [-0.4, -0.2) is 24.5 Å². The summed E-state index contributed by atoms with van der Waals surface area (Å²) in [5.41, 5.74) is 3.56. The summed E-state index contributed by atoms with van der Waals surface area (Å²) in [6.45, 7) is 17.6. The second kappa shape index (κ2) is 13.4. The summed E-state index contributed by atoms with van der Waals surface area (Å²) in [7, 11) is 0. The lowest BCUT2D eigenvalue weighted by Gasteiger charge is -2.33. The molecule has 1 aromatic carbocycles. The number of hydrogen-bond donors (Lipinski definition) is 0. The Bertz CT molecular complexity index is 465. The van der Waals surface area contributed by atoms with Crippen molar-refractivity contribution in [2.24, 2.45) is 11.3 Å². The molecule has 0 radical (unpaired) electrons. The maximum atomic E-state index is 2.70. The van der Waals surface area contributed by atoms with Crippen molar-refractivity contribution in [3.05, 3.63) is 35.4 Å². The molecule has 0 bridgehead atoms. The zero-order valence-electron chi connectivity index (χ0n) is 19.3. The van der Waals surface area contributed by atoms with Crippen LogP contribution in [0.2, 0.25) is 0 Å². The minimum Gasteiger partial charge on any atom is -0.303 e. The van der Waals surface area contributed by atoms with E-state index in [1.165, 1.54) is 88.5 Å². The van der Waals surface area contributed by atoms with Gasteiger partial charge in [-0.05, 0) is 80.6 Å². The summed E-state index contributed by atoms with van der Waals surface area (Å²) in [5.74, 6) is 0.894. The summed E-state index contributed by atoms with van der Waals surface area (Å²) < 4.78 is 0. The molecule has 1 saturated heterocycles. The first-order valence-electron chi connectivity index (χ1n) is 11.7. The second-order valence-electron chi connectivity index (χ2n) is 9.38. The van der Waals surface area contributed by atoms with Gasteiger partial charge in [0.1, 0.15) is 0 Å². The standard InChI is InChI=1S/C23H39N.C3H8/c1-5-8-20-9-11-21(12-10-20)19-22-13-17-24(18-14-22)16-7-15-23(3,4)6-2;1-3-2/h9-12,22H,5-8,13-19H2,1-4H3;3H2,1-2H3. The van der Waals surface area contributed by atoms with Gasteiger partial charge in [0, 0.05) is 0 Å². The monoisotopic (exact) mass is 373 g/mol. The van der Waals surface area contributed by atoms with Gasteiger partial charge >= 0.3 is 0 Å². The van der Waals surface area contributed by atoms with E-state index < -0.39 is 0 Å². The van der Waals surface area contributed by atoms with Gasteiger partial charge < -0.3 is 4.90 Å². The molecule has 0 aromatic heterocycles. The molecule has 0 saturated carbocycles. The molecule has 0 unspecified atom stereocenters. The molecular weight excluding hydrogens is 326 g/mol. The van der Waals surface area contributed by atoms with Crippen molar-refractivity contribution >= 4 is 0 Å². The third kappa shape index (κ3) is 10.3. The molecule has 0 N–H and O–H groups in total. The third-order valence-corrected chi connectivity index (χ3v) is 6.08. The average Bonchev–Trinajstić information content (AvgIpc) is 2.66. The number of likely N-dealkylation sites (tertiary alicyclic amines) is 1. The van der Waals surface area contributed by atoms with E-state index >= 15 is 0 Å². The van der Waals surface area contributed by atoms with Crippen LogP contribution < -0.4 is 0 Å². The van der Waals surface area contributed by atoms with E-state index in [1.807, 2.05) is 0 Å². The highest BCUT2D eigenvalue weighted by Gasteiger charge is 2.20. The van der Waals surface area contributed by atoms with E-state index in [-0.39, 0.29) is 0 Å². The molecular formula is C26H47N. The number of piperidine rings is 1. The largest absolute Gasteiger partial charge is 0.303 e. The number of aryl methyl sites for hydroxylation is 1. The molecule has 27 heavy (non-hydrogen) atoms. The van der Waals surface area contributed by atoms with Gasteiger partial charge in [-0.1, -0.05) is 85.1 Å². The van der Waals surface area contributed by atoms with Crippen LogP contribution in [0.25, 0.3) is 0 Å². The Labute approximate surface area is 170 Å².